The summed E-state index contributed by atoms with van der Waals surface area (Å²) in [6.07, 6.45) is 1.97. The summed E-state index contributed by atoms with van der Waals surface area (Å²) in [6.45, 7) is 1.93. The summed E-state index contributed by atoms with van der Waals surface area (Å²) in [5.41, 5.74) is 4.41. The second-order valence-electron chi connectivity index (χ2n) is 4.31. The summed E-state index contributed by atoms with van der Waals surface area (Å²) in [7, 11) is 0. The normalized spacial score (nSPS) is 10.6. The van der Waals surface area contributed by atoms with E-state index in [0.29, 0.717) is 5.56 Å². The third-order valence-electron chi connectivity index (χ3n) is 3.14. The quantitative estimate of drug-likeness (QED) is 0.683. The lowest BCUT2D eigenvalue weighted by Gasteiger charge is -2.00. The fourth-order valence-electron chi connectivity index (χ4n) is 2.07. The zero-order valence-electron chi connectivity index (χ0n) is 10.3. The van der Waals surface area contributed by atoms with Crippen molar-refractivity contribution < 1.29 is 0 Å². The predicted octanol–water partition coefficient (Wildman–Crippen LogP) is 3.94. The molecular formula is C15H10BrN3. The molecule has 3 rings (SSSR count). The minimum Gasteiger partial charge on any atom is -0.302 e. The summed E-state index contributed by atoms with van der Waals surface area (Å²) in [5, 5.41) is 9.04. The molecule has 2 aromatic heterocycles. The van der Waals surface area contributed by atoms with Gasteiger partial charge in [-0.3, -0.25) is 0 Å². The zero-order chi connectivity index (χ0) is 13.4. The van der Waals surface area contributed by atoms with Crippen LogP contribution in [0.4, 0.5) is 0 Å². The molecule has 0 aliphatic rings. The third kappa shape index (κ3) is 2.02. The Hall–Kier alpha value is -2.12. The topological polar surface area (TPSA) is 41.1 Å². The lowest BCUT2D eigenvalue weighted by Crippen LogP contribution is -1.93. The second kappa shape index (κ2) is 4.52. The fourth-order valence-corrected chi connectivity index (χ4v) is 2.33. The summed E-state index contributed by atoms with van der Waals surface area (Å²) in [5.74, 6) is 0. The van der Waals surface area contributed by atoms with Crippen molar-refractivity contribution in [2.75, 3.05) is 0 Å². The number of aromatic nitrogens is 2. The van der Waals surface area contributed by atoms with E-state index >= 15 is 0 Å². The molecule has 0 radical (unpaired) electrons. The van der Waals surface area contributed by atoms with Crippen molar-refractivity contribution in [3.63, 3.8) is 0 Å². The monoisotopic (exact) mass is 311 g/mol. The SMILES string of the molecule is Cc1c(C#N)ccc2nc(-c3ccc(Br)cc3)cn12. The molecule has 0 unspecified atom stereocenters. The van der Waals surface area contributed by atoms with Crippen molar-refractivity contribution in [2.24, 2.45) is 0 Å². The third-order valence-corrected chi connectivity index (χ3v) is 3.67. The number of hydrogen-bond acceptors (Lipinski definition) is 2. The lowest BCUT2D eigenvalue weighted by atomic mass is 10.2. The number of aryl methyl sites for hydroxylation is 1. The van der Waals surface area contributed by atoms with Gasteiger partial charge in [0.05, 0.1) is 11.3 Å². The van der Waals surface area contributed by atoms with Crippen molar-refractivity contribution in [2.45, 2.75) is 6.92 Å². The van der Waals surface area contributed by atoms with Gasteiger partial charge in [0.25, 0.3) is 0 Å². The van der Waals surface area contributed by atoms with E-state index in [0.717, 1.165) is 27.1 Å². The van der Waals surface area contributed by atoms with E-state index in [2.05, 4.69) is 27.0 Å². The highest BCUT2D eigenvalue weighted by molar-refractivity contribution is 9.10. The van der Waals surface area contributed by atoms with E-state index in [1.54, 1.807) is 0 Å². The van der Waals surface area contributed by atoms with Gasteiger partial charge in [0.1, 0.15) is 11.7 Å². The Morgan fingerprint density at radius 2 is 1.89 bits per heavy atom. The number of benzene rings is 1. The highest BCUT2D eigenvalue weighted by Crippen LogP contribution is 2.22. The molecule has 0 fully saturated rings. The van der Waals surface area contributed by atoms with Crippen LogP contribution in [-0.4, -0.2) is 9.38 Å². The van der Waals surface area contributed by atoms with Gasteiger partial charge in [-0.1, -0.05) is 28.1 Å². The van der Waals surface area contributed by atoms with Gasteiger partial charge in [0.2, 0.25) is 0 Å². The van der Waals surface area contributed by atoms with E-state index in [1.165, 1.54) is 0 Å². The maximum Gasteiger partial charge on any atom is 0.137 e. The Morgan fingerprint density at radius 3 is 2.58 bits per heavy atom. The van der Waals surface area contributed by atoms with Crippen LogP contribution >= 0.6 is 15.9 Å². The first-order valence-corrected chi connectivity index (χ1v) is 6.63. The zero-order valence-corrected chi connectivity index (χ0v) is 11.8. The first-order chi connectivity index (χ1) is 9.19. The molecule has 2 heterocycles. The smallest absolute Gasteiger partial charge is 0.137 e. The van der Waals surface area contributed by atoms with Gasteiger partial charge in [-0.25, -0.2) is 4.98 Å². The standard InChI is InChI=1S/C15H10BrN3/c1-10-12(8-17)4-7-15-18-14(9-19(10)15)11-2-5-13(16)6-3-11/h2-7,9H,1H3. The van der Waals surface area contributed by atoms with Gasteiger partial charge in [0.15, 0.2) is 0 Å². The molecule has 0 amide bonds. The Balaban J connectivity index is 2.20. The molecule has 3 nitrogen and oxygen atoms in total. The van der Waals surface area contributed by atoms with Crippen molar-refractivity contribution in [1.82, 2.24) is 9.38 Å². The molecule has 0 aliphatic carbocycles. The first kappa shape index (κ1) is 11.9. The Labute approximate surface area is 119 Å². The van der Waals surface area contributed by atoms with Gasteiger partial charge in [-0.2, -0.15) is 5.26 Å². The van der Waals surface area contributed by atoms with E-state index in [1.807, 2.05) is 53.9 Å². The van der Waals surface area contributed by atoms with Crippen LogP contribution in [0.15, 0.2) is 47.1 Å². The molecule has 0 saturated carbocycles. The largest absolute Gasteiger partial charge is 0.302 e. The predicted molar refractivity (Wildman–Crippen MR) is 77.8 cm³/mol. The van der Waals surface area contributed by atoms with Crippen molar-refractivity contribution >= 4 is 21.6 Å². The van der Waals surface area contributed by atoms with Gasteiger partial charge in [0, 0.05) is 21.9 Å². The summed E-state index contributed by atoms with van der Waals surface area (Å²) in [6, 6.07) is 13.9. The number of nitrogens with zero attached hydrogens (tertiary/aromatic N) is 3. The number of fused-ring (bicyclic) bond motifs is 1. The van der Waals surface area contributed by atoms with Crippen molar-refractivity contribution in [1.29, 1.82) is 5.26 Å². The van der Waals surface area contributed by atoms with Crippen LogP contribution in [0, 0.1) is 18.3 Å². The van der Waals surface area contributed by atoms with E-state index in [-0.39, 0.29) is 0 Å². The van der Waals surface area contributed by atoms with Gasteiger partial charge < -0.3 is 4.40 Å². The molecule has 1 aromatic carbocycles. The minimum absolute atomic E-state index is 0.673. The molecule has 0 N–H and O–H groups in total. The maximum atomic E-state index is 9.04. The van der Waals surface area contributed by atoms with Crippen LogP contribution in [-0.2, 0) is 0 Å². The van der Waals surface area contributed by atoms with Gasteiger partial charge >= 0.3 is 0 Å². The van der Waals surface area contributed by atoms with Crippen molar-refractivity contribution in [3.05, 3.63) is 58.3 Å². The average Bonchev–Trinajstić information content (AvgIpc) is 2.85. The second-order valence-corrected chi connectivity index (χ2v) is 5.22. The molecule has 19 heavy (non-hydrogen) atoms. The number of nitriles is 1. The van der Waals surface area contributed by atoms with Crippen LogP contribution in [0.1, 0.15) is 11.3 Å². The molecule has 0 spiro atoms. The van der Waals surface area contributed by atoms with E-state index < -0.39 is 0 Å². The van der Waals surface area contributed by atoms with E-state index in [9.17, 15) is 0 Å². The molecule has 92 valence electrons. The van der Waals surface area contributed by atoms with Crippen molar-refractivity contribution in [3.8, 4) is 17.3 Å². The maximum absolute atomic E-state index is 9.04. The number of rotatable bonds is 1. The molecule has 0 atom stereocenters. The summed E-state index contributed by atoms with van der Waals surface area (Å²) >= 11 is 3.42. The van der Waals surface area contributed by atoms with Gasteiger partial charge in [-0.15, -0.1) is 0 Å². The molecular weight excluding hydrogens is 302 g/mol. The van der Waals surface area contributed by atoms with Gasteiger partial charge in [-0.05, 0) is 31.2 Å². The molecule has 4 heteroatoms. The number of halogens is 1. The summed E-state index contributed by atoms with van der Waals surface area (Å²) in [4.78, 5) is 4.59. The molecule has 0 saturated heterocycles. The van der Waals surface area contributed by atoms with E-state index in [4.69, 9.17) is 5.26 Å². The molecule has 0 aliphatic heterocycles. The number of imidazole rings is 1. The Kier molecular flexibility index (Phi) is 2.84. The Bertz CT molecular complexity index is 795. The highest BCUT2D eigenvalue weighted by Gasteiger charge is 2.08. The van der Waals surface area contributed by atoms with Crippen LogP contribution in [0.5, 0.6) is 0 Å². The van der Waals surface area contributed by atoms with Crippen LogP contribution in [0.25, 0.3) is 16.9 Å². The van der Waals surface area contributed by atoms with Crippen LogP contribution in [0.3, 0.4) is 0 Å². The highest BCUT2D eigenvalue weighted by atomic mass is 79.9. The number of pyridine rings is 1. The number of hydrogen-bond donors (Lipinski definition) is 0. The fraction of sp³-hybridized carbons (Fsp3) is 0.0667. The minimum atomic E-state index is 0.673. The Morgan fingerprint density at radius 1 is 1.16 bits per heavy atom. The van der Waals surface area contributed by atoms with Crippen LogP contribution < -0.4 is 0 Å². The van der Waals surface area contributed by atoms with Crippen LogP contribution in [0.2, 0.25) is 0 Å². The first-order valence-electron chi connectivity index (χ1n) is 5.84. The summed E-state index contributed by atoms with van der Waals surface area (Å²) < 4.78 is 3.00. The molecule has 0 bridgehead atoms. The lowest BCUT2D eigenvalue weighted by molar-refractivity contribution is 1.08. The molecule has 3 aromatic rings. The average molecular weight is 312 g/mol.